The Morgan fingerprint density at radius 2 is 1.95 bits per heavy atom. The van der Waals surface area contributed by atoms with Gasteiger partial charge in [0, 0.05) is 19.6 Å². The smallest absolute Gasteiger partial charge is 0.0767 e. The summed E-state index contributed by atoms with van der Waals surface area (Å²) >= 11 is 3.69. The molecule has 114 valence electrons. The molecule has 1 fully saturated rings. The fraction of sp³-hybridized carbons (Fsp3) is 0.812. The highest BCUT2D eigenvalue weighted by Crippen LogP contribution is 2.28. The fourth-order valence-electron chi connectivity index (χ4n) is 3.32. The molecule has 3 nitrogen and oxygen atoms in total. The summed E-state index contributed by atoms with van der Waals surface area (Å²) in [6.07, 6.45) is 9.21. The van der Waals surface area contributed by atoms with Gasteiger partial charge in [0.25, 0.3) is 0 Å². The molecule has 1 saturated carbocycles. The predicted octanol–water partition coefficient (Wildman–Crippen LogP) is 4.19. The van der Waals surface area contributed by atoms with Gasteiger partial charge < -0.3 is 5.32 Å². The molecule has 0 amide bonds. The zero-order valence-corrected chi connectivity index (χ0v) is 14.7. The van der Waals surface area contributed by atoms with Gasteiger partial charge in [0.15, 0.2) is 0 Å². The number of aromatic nitrogens is 2. The number of hydrogen-bond acceptors (Lipinski definition) is 2. The Kier molecular flexibility index (Phi) is 6.09. The molecule has 0 bridgehead atoms. The van der Waals surface area contributed by atoms with Crippen molar-refractivity contribution in [3.63, 3.8) is 0 Å². The third-order valence-electron chi connectivity index (χ3n) is 4.60. The first-order chi connectivity index (χ1) is 9.65. The van der Waals surface area contributed by atoms with E-state index < -0.39 is 0 Å². The lowest BCUT2D eigenvalue weighted by molar-refractivity contribution is 0.276. The molecule has 0 aromatic carbocycles. The van der Waals surface area contributed by atoms with E-state index in [0.29, 0.717) is 6.04 Å². The van der Waals surface area contributed by atoms with E-state index in [1.165, 1.54) is 48.7 Å². The fourth-order valence-corrected chi connectivity index (χ4v) is 4.07. The van der Waals surface area contributed by atoms with Crippen molar-refractivity contribution in [3.8, 4) is 0 Å². The molecule has 1 aliphatic rings. The summed E-state index contributed by atoms with van der Waals surface area (Å²) in [4.78, 5) is 0. The van der Waals surface area contributed by atoms with Crippen LogP contribution in [0.5, 0.6) is 0 Å². The summed E-state index contributed by atoms with van der Waals surface area (Å²) in [5, 5.41) is 8.29. The molecule has 1 N–H and O–H groups in total. The second kappa shape index (κ2) is 7.60. The molecule has 1 aromatic heterocycles. The molecule has 1 aliphatic carbocycles. The van der Waals surface area contributed by atoms with E-state index in [0.717, 1.165) is 24.6 Å². The van der Waals surface area contributed by atoms with Crippen LogP contribution in [0.3, 0.4) is 0 Å². The maximum atomic E-state index is 4.56. The number of aryl methyl sites for hydroxylation is 2. The molecule has 1 heterocycles. The van der Waals surface area contributed by atoms with Gasteiger partial charge in [0.2, 0.25) is 0 Å². The third-order valence-corrected chi connectivity index (χ3v) is 5.52. The summed E-state index contributed by atoms with van der Waals surface area (Å²) in [6.45, 7) is 5.38. The number of rotatable bonds is 6. The summed E-state index contributed by atoms with van der Waals surface area (Å²) in [7, 11) is 2.04. The maximum Gasteiger partial charge on any atom is 0.0767 e. The Labute approximate surface area is 131 Å². The van der Waals surface area contributed by atoms with Gasteiger partial charge in [-0.2, -0.15) is 5.10 Å². The molecule has 0 spiro atoms. The van der Waals surface area contributed by atoms with Gasteiger partial charge >= 0.3 is 0 Å². The van der Waals surface area contributed by atoms with Crippen molar-refractivity contribution < 1.29 is 0 Å². The largest absolute Gasteiger partial charge is 0.308 e. The highest BCUT2D eigenvalue weighted by Gasteiger charge is 2.21. The highest BCUT2D eigenvalue weighted by atomic mass is 79.9. The van der Waals surface area contributed by atoms with Crippen LogP contribution in [0.4, 0.5) is 0 Å². The first-order valence-corrected chi connectivity index (χ1v) is 8.88. The van der Waals surface area contributed by atoms with Crippen molar-refractivity contribution in [2.45, 2.75) is 71.4 Å². The zero-order chi connectivity index (χ0) is 14.5. The van der Waals surface area contributed by atoms with Crippen molar-refractivity contribution in [3.05, 3.63) is 15.9 Å². The van der Waals surface area contributed by atoms with E-state index in [2.05, 4.69) is 40.2 Å². The van der Waals surface area contributed by atoms with E-state index in [4.69, 9.17) is 0 Å². The average molecular weight is 342 g/mol. The minimum atomic E-state index is 0.690. The number of nitrogens with zero attached hydrogens (tertiary/aromatic N) is 2. The van der Waals surface area contributed by atoms with Crippen molar-refractivity contribution >= 4 is 15.9 Å². The second-order valence-corrected chi connectivity index (χ2v) is 6.86. The van der Waals surface area contributed by atoms with E-state index in [1.54, 1.807) is 0 Å². The van der Waals surface area contributed by atoms with E-state index >= 15 is 0 Å². The van der Waals surface area contributed by atoms with Gasteiger partial charge in [-0.25, -0.2) is 0 Å². The average Bonchev–Trinajstić information content (AvgIpc) is 2.73. The van der Waals surface area contributed by atoms with E-state index in [1.807, 2.05) is 11.7 Å². The van der Waals surface area contributed by atoms with Crippen LogP contribution >= 0.6 is 15.9 Å². The van der Waals surface area contributed by atoms with E-state index in [9.17, 15) is 0 Å². The van der Waals surface area contributed by atoms with Crippen molar-refractivity contribution in [1.82, 2.24) is 15.1 Å². The first-order valence-electron chi connectivity index (χ1n) is 8.09. The van der Waals surface area contributed by atoms with Crippen LogP contribution in [-0.4, -0.2) is 15.8 Å². The maximum absolute atomic E-state index is 4.56. The predicted molar refractivity (Wildman–Crippen MR) is 87.8 cm³/mol. The van der Waals surface area contributed by atoms with Crippen LogP contribution in [0.2, 0.25) is 0 Å². The summed E-state index contributed by atoms with van der Waals surface area (Å²) in [5.74, 6) is 0.980. The van der Waals surface area contributed by atoms with Crippen LogP contribution in [0.15, 0.2) is 4.47 Å². The van der Waals surface area contributed by atoms with Gasteiger partial charge in [-0.3, -0.25) is 4.68 Å². The molecule has 2 rings (SSSR count). The standard InChI is InChI=1S/C16H28BrN3/c1-4-6-12-7-9-13(10-8-12)18-11-15-16(17)14(5-2)19-20(15)3/h12-13,18H,4-11H2,1-3H3. The Hall–Kier alpha value is -0.350. The lowest BCUT2D eigenvalue weighted by Gasteiger charge is -2.29. The van der Waals surface area contributed by atoms with E-state index in [-0.39, 0.29) is 0 Å². The Bertz CT molecular complexity index is 420. The minimum Gasteiger partial charge on any atom is -0.308 e. The molecule has 0 saturated heterocycles. The topological polar surface area (TPSA) is 29.9 Å². The molecule has 1 aromatic rings. The summed E-state index contributed by atoms with van der Waals surface area (Å²) in [5.41, 5.74) is 2.44. The lowest BCUT2D eigenvalue weighted by Crippen LogP contribution is -2.33. The van der Waals surface area contributed by atoms with Gasteiger partial charge in [-0.05, 0) is 54.0 Å². The van der Waals surface area contributed by atoms with Gasteiger partial charge in [-0.1, -0.05) is 26.7 Å². The van der Waals surface area contributed by atoms with Crippen LogP contribution in [0.1, 0.15) is 63.8 Å². The summed E-state index contributed by atoms with van der Waals surface area (Å²) < 4.78 is 3.20. The van der Waals surface area contributed by atoms with Crippen LogP contribution in [0, 0.1) is 5.92 Å². The third kappa shape index (κ3) is 3.85. The SMILES string of the molecule is CCCC1CCC(NCc2c(Br)c(CC)nn2C)CC1. The Morgan fingerprint density at radius 1 is 1.25 bits per heavy atom. The van der Waals surface area contributed by atoms with Crippen molar-refractivity contribution in [2.24, 2.45) is 13.0 Å². The number of nitrogens with one attached hydrogen (secondary N) is 1. The number of hydrogen-bond donors (Lipinski definition) is 1. The lowest BCUT2D eigenvalue weighted by atomic mass is 9.83. The molecule has 0 atom stereocenters. The molecular formula is C16H28BrN3. The molecule has 0 aliphatic heterocycles. The molecular weight excluding hydrogens is 314 g/mol. The molecule has 0 unspecified atom stereocenters. The Balaban J connectivity index is 1.83. The normalized spacial score (nSPS) is 23.2. The van der Waals surface area contributed by atoms with Gasteiger partial charge in [0.1, 0.15) is 0 Å². The van der Waals surface area contributed by atoms with Crippen molar-refractivity contribution in [2.75, 3.05) is 0 Å². The van der Waals surface area contributed by atoms with Gasteiger partial charge in [0.05, 0.1) is 15.9 Å². The Morgan fingerprint density at radius 3 is 2.50 bits per heavy atom. The van der Waals surface area contributed by atoms with Crippen LogP contribution < -0.4 is 5.32 Å². The van der Waals surface area contributed by atoms with Crippen LogP contribution in [-0.2, 0) is 20.0 Å². The van der Waals surface area contributed by atoms with Crippen LogP contribution in [0.25, 0.3) is 0 Å². The molecule has 0 radical (unpaired) electrons. The number of halogens is 1. The highest BCUT2D eigenvalue weighted by molar-refractivity contribution is 9.10. The summed E-state index contributed by atoms with van der Waals surface area (Å²) in [6, 6.07) is 0.690. The van der Waals surface area contributed by atoms with Crippen molar-refractivity contribution in [1.29, 1.82) is 0 Å². The quantitative estimate of drug-likeness (QED) is 0.840. The zero-order valence-electron chi connectivity index (χ0n) is 13.1. The second-order valence-electron chi connectivity index (χ2n) is 6.07. The molecule has 20 heavy (non-hydrogen) atoms. The molecule has 4 heteroatoms. The van der Waals surface area contributed by atoms with Gasteiger partial charge in [-0.15, -0.1) is 0 Å². The monoisotopic (exact) mass is 341 g/mol. The first kappa shape index (κ1) is 16.0. The minimum absolute atomic E-state index is 0.690.